The molecular weight excluding hydrogens is 224 g/mol. The summed E-state index contributed by atoms with van der Waals surface area (Å²) in [7, 11) is 2.00. The van der Waals surface area contributed by atoms with Crippen LogP contribution < -0.4 is 10.6 Å². The Morgan fingerprint density at radius 1 is 1.24 bits per heavy atom. The van der Waals surface area contributed by atoms with Crippen LogP contribution in [0.25, 0.3) is 0 Å². The lowest BCUT2D eigenvalue weighted by Gasteiger charge is -2.40. The summed E-state index contributed by atoms with van der Waals surface area (Å²) < 4.78 is 27.6. The van der Waals surface area contributed by atoms with Crippen molar-refractivity contribution in [3.63, 3.8) is 0 Å². The molecule has 0 radical (unpaired) electrons. The van der Waals surface area contributed by atoms with Crippen molar-refractivity contribution in [3.8, 4) is 0 Å². The molecule has 0 aromatic heterocycles. The quantitative estimate of drug-likeness (QED) is 0.759. The Labute approximate surface area is 99.8 Å². The molecule has 1 aliphatic rings. The van der Waals surface area contributed by atoms with Gasteiger partial charge in [-0.15, -0.1) is 0 Å². The fourth-order valence-electron chi connectivity index (χ4n) is 2.33. The monoisotopic (exact) mass is 241 g/mol. The first-order valence-corrected chi connectivity index (χ1v) is 5.68. The first-order valence-electron chi connectivity index (χ1n) is 5.68. The van der Waals surface area contributed by atoms with Gasteiger partial charge in [-0.1, -0.05) is 0 Å². The van der Waals surface area contributed by atoms with Gasteiger partial charge < -0.3 is 15.5 Å². The molecule has 0 saturated carbocycles. The molecule has 1 atom stereocenters. The van der Waals surface area contributed by atoms with Gasteiger partial charge in [-0.2, -0.15) is 0 Å². The van der Waals surface area contributed by atoms with Gasteiger partial charge in [0.2, 0.25) is 0 Å². The number of hydrogen-bond acceptors (Lipinski definition) is 3. The molecule has 0 aliphatic carbocycles. The van der Waals surface area contributed by atoms with Crippen LogP contribution in [0.15, 0.2) is 12.1 Å². The van der Waals surface area contributed by atoms with Crippen LogP contribution in [0.1, 0.15) is 6.92 Å². The molecule has 1 aromatic rings. The SMILES string of the molecule is CC1CN(C)CCN1c1c(F)cc(N)cc1F. The maximum absolute atomic E-state index is 13.8. The second-order valence-corrected chi connectivity index (χ2v) is 4.64. The Hall–Kier alpha value is -1.36. The maximum Gasteiger partial charge on any atom is 0.151 e. The minimum Gasteiger partial charge on any atom is -0.399 e. The largest absolute Gasteiger partial charge is 0.399 e. The van der Waals surface area contributed by atoms with Crippen molar-refractivity contribution in [2.24, 2.45) is 0 Å². The van der Waals surface area contributed by atoms with E-state index in [-0.39, 0.29) is 17.4 Å². The van der Waals surface area contributed by atoms with E-state index in [2.05, 4.69) is 4.90 Å². The molecule has 0 amide bonds. The molecule has 5 heteroatoms. The van der Waals surface area contributed by atoms with Crippen molar-refractivity contribution in [3.05, 3.63) is 23.8 Å². The number of piperazine rings is 1. The van der Waals surface area contributed by atoms with Crippen molar-refractivity contribution in [2.75, 3.05) is 37.3 Å². The third-order valence-corrected chi connectivity index (χ3v) is 3.16. The summed E-state index contributed by atoms with van der Waals surface area (Å²) in [5, 5.41) is 0. The van der Waals surface area contributed by atoms with Crippen LogP contribution in [0.4, 0.5) is 20.2 Å². The highest BCUT2D eigenvalue weighted by Crippen LogP contribution is 2.28. The molecule has 1 heterocycles. The van der Waals surface area contributed by atoms with E-state index in [1.807, 2.05) is 14.0 Å². The van der Waals surface area contributed by atoms with Gasteiger partial charge in [0.15, 0.2) is 11.6 Å². The minimum absolute atomic E-state index is 0.0415. The highest BCUT2D eigenvalue weighted by atomic mass is 19.1. The number of anilines is 2. The highest BCUT2D eigenvalue weighted by molar-refractivity contribution is 5.56. The average molecular weight is 241 g/mol. The highest BCUT2D eigenvalue weighted by Gasteiger charge is 2.26. The number of likely N-dealkylation sites (N-methyl/N-ethyl adjacent to an activating group) is 1. The molecule has 2 N–H and O–H groups in total. The van der Waals surface area contributed by atoms with Gasteiger partial charge in [-0.25, -0.2) is 8.78 Å². The third-order valence-electron chi connectivity index (χ3n) is 3.16. The molecular formula is C12H17F2N3. The van der Waals surface area contributed by atoms with E-state index in [1.54, 1.807) is 4.90 Å². The molecule has 1 aliphatic heterocycles. The topological polar surface area (TPSA) is 32.5 Å². The second-order valence-electron chi connectivity index (χ2n) is 4.64. The zero-order chi connectivity index (χ0) is 12.6. The van der Waals surface area contributed by atoms with Crippen molar-refractivity contribution >= 4 is 11.4 Å². The standard InChI is InChI=1S/C12H17F2N3/c1-8-7-16(2)3-4-17(8)12-10(13)5-9(15)6-11(12)14/h5-6,8H,3-4,7,15H2,1-2H3. The number of nitrogen functional groups attached to an aromatic ring is 1. The van der Waals surface area contributed by atoms with Crippen molar-refractivity contribution < 1.29 is 8.78 Å². The zero-order valence-corrected chi connectivity index (χ0v) is 10.1. The summed E-state index contributed by atoms with van der Waals surface area (Å²) in [4.78, 5) is 3.92. The van der Waals surface area contributed by atoms with Crippen molar-refractivity contribution in [1.29, 1.82) is 0 Å². The van der Waals surface area contributed by atoms with Gasteiger partial charge >= 0.3 is 0 Å². The van der Waals surface area contributed by atoms with E-state index in [0.29, 0.717) is 6.54 Å². The molecule has 1 aromatic carbocycles. The predicted molar refractivity (Wildman–Crippen MR) is 65.1 cm³/mol. The van der Waals surface area contributed by atoms with Crippen LogP contribution >= 0.6 is 0 Å². The van der Waals surface area contributed by atoms with Crippen molar-refractivity contribution in [2.45, 2.75) is 13.0 Å². The Morgan fingerprint density at radius 3 is 2.35 bits per heavy atom. The Bertz CT molecular complexity index is 399. The van der Waals surface area contributed by atoms with Gasteiger partial charge in [0.05, 0.1) is 0 Å². The second kappa shape index (κ2) is 4.49. The van der Waals surface area contributed by atoms with Crippen LogP contribution in [0.5, 0.6) is 0 Å². The molecule has 3 nitrogen and oxygen atoms in total. The van der Waals surface area contributed by atoms with E-state index in [9.17, 15) is 8.78 Å². The summed E-state index contributed by atoms with van der Waals surface area (Å²) in [6.07, 6.45) is 0. The van der Waals surface area contributed by atoms with Gasteiger partial charge in [0.1, 0.15) is 5.69 Å². The van der Waals surface area contributed by atoms with E-state index in [4.69, 9.17) is 5.73 Å². The van der Waals surface area contributed by atoms with E-state index in [1.165, 1.54) is 12.1 Å². The van der Waals surface area contributed by atoms with Crippen LogP contribution in [0.3, 0.4) is 0 Å². The summed E-state index contributed by atoms with van der Waals surface area (Å²) in [5.74, 6) is -1.17. The third kappa shape index (κ3) is 2.34. The number of hydrogen-bond donors (Lipinski definition) is 1. The Kier molecular flexibility index (Phi) is 3.19. The molecule has 94 valence electrons. The fraction of sp³-hybridized carbons (Fsp3) is 0.500. The van der Waals surface area contributed by atoms with Crippen LogP contribution in [0.2, 0.25) is 0 Å². The Morgan fingerprint density at radius 2 is 1.82 bits per heavy atom. The zero-order valence-electron chi connectivity index (χ0n) is 10.1. The lowest BCUT2D eigenvalue weighted by atomic mass is 10.1. The van der Waals surface area contributed by atoms with Crippen molar-refractivity contribution in [1.82, 2.24) is 4.90 Å². The maximum atomic E-state index is 13.8. The first kappa shape index (κ1) is 12.1. The normalized spacial score (nSPS) is 21.9. The number of nitrogens with two attached hydrogens (primary N) is 1. The average Bonchev–Trinajstić information content (AvgIpc) is 2.19. The summed E-state index contributed by atoms with van der Waals surface area (Å²) >= 11 is 0. The van der Waals surface area contributed by atoms with Gasteiger partial charge in [-0.05, 0) is 26.1 Å². The first-order chi connectivity index (χ1) is 7.99. The number of rotatable bonds is 1. The molecule has 1 fully saturated rings. The molecule has 2 rings (SSSR count). The lowest BCUT2D eigenvalue weighted by Crippen LogP contribution is -2.51. The van der Waals surface area contributed by atoms with E-state index < -0.39 is 11.6 Å². The molecule has 17 heavy (non-hydrogen) atoms. The lowest BCUT2D eigenvalue weighted by molar-refractivity contribution is 0.273. The number of nitrogens with zero attached hydrogens (tertiary/aromatic N) is 2. The molecule has 0 bridgehead atoms. The smallest absolute Gasteiger partial charge is 0.151 e. The molecule has 1 saturated heterocycles. The summed E-state index contributed by atoms with van der Waals surface area (Å²) in [5.41, 5.74) is 5.57. The van der Waals surface area contributed by atoms with E-state index >= 15 is 0 Å². The van der Waals surface area contributed by atoms with Gasteiger partial charge in [0.25, 0.3) is 0 Å². The van der Waals surface area contributed by atoms with Crippen LogP contribution in [-0.4, -0.2) is 37.6 Å². The molecule has 1 unspecified atom stereocenters. The minimum atomic E-state index is -0.584. The van der Waals surface area contributed by atoms with Crippen LogP contribution in [-0.2, 0) is 0 Å². The molecule has 0 spiro atoms. The fourth-order valence-corrected chi connectivity index (χ4v) is 2.33. The van der Waals surface area contributed by atoms with Crippen LogP contribution in [0, 0.1) is 11.6 Å². The summed E-state index contributed by atoms with van der Waals surface area (Å²) in [6.45, 7) is 4.18. The van der Waals surface area contributed by atoms with E-state index in [0.717, 1.165) is 13.1 Å². The predicted octanol–water partition coefficient (Wildman–Crippen LogP) is 1.69. The number of benzene rings is 1. The van der Waals surface area contributed by atoms with Gasteiger partial charge in [0, 0.05) is 31.4 Å². The summed E-state index contributed by atoms with van der Waals surface area (Å²) in [6, 6.07) is 2.42. The van der Waals surface area contributed by atoms with Gasteiger partial charge in [-0.3, -0.25) is 0 Å². The Balaban J connectivity index is 2.34. The number of halogens is 2.